The van der Waals surface area contributed by atoms with Gasteiger partial charge in [-0.25, -0.2) is 13.1 Å². The number of rotatable bonds is 9. The summed E-state index contributed by atoms with van der Waals surface area (Å²) in [6, 6.07) is 6.94. The number of hydrogen-bond acceptors (Lipinski definition) is 5. The molecule has 1 atom stereocenters. The Kier molecular flexibility index (Phi) is 8.05. The van der Waals surface area contributed by atoms with E-state index in [2.05, 4.69) is 31.2 Å². The van der Waals surface area contributed by atoms with Crippen LogP contribution in [0.25, 0.3) is 0 Å². The molecule has 1 aliphatic rings. The van der Waals surface area contributed by atoms with Gasteiger partial charge in [0.15, 0.2) is 5.96 Å². The number of aromatic nitrogens is 2. The molecule has 1 aromatic carbocycles. The monoisotopic (exact) mass is 448 g/mol. The van der Waals surface area contributed by atoms with Crippen LogP contribution in [0, 0.1) is 5.92 Å². The maximum absolute atomic E-state index is 12.4. The fourth-order valence-electron chi connectivity index (χ4n) is 3.80. The highest BCUT2D eigenvalue weighted by Gasteiger charge is 2.25. The maximum Gasteiger partial charge on any atom is 0.240 e. The third kappa shape index (κ3) is 6.52. The maximum atomic E-state index is 12.4. The fraction of sp³-hybridized carbons (Fsp3) is 0.524. The molecule has 1 fully saturated rings. The highest BCUT2D eigenvalue weighted by molar-refractivity contribution is 7.89. The second-order valence-electron chi connectivity index (χ2n) is 7.77. The van der Waals surface area contributed by atoms with E-state index < -0.39 is 10.0 Å². The van der Waals surface area contributed by atoms with Crippen LogP contribution < -0.4 is 10.0 Å². The lowest BCUT2D eigenvalue weighted by Crippen LogP contribution is -2.39. The number of methoxy groups -OCH3 is 1. The molecule has 1 saturated heterocycles. The first-order valence-electron chi connectivity index (χ1n) is 10.4. The lowest BCUT2D eigenvalue weighted by molar-refractivity contribution is 0.204. The van der Waals surface area contributed by atoms with Crippen molar-refractivity contribution in [3.63, 3.8) is 0 Å². The third-order valence-corrected chi connectivity index (χ3v) is 6.80. The van der Waals surface area contributed by atoms with Crippen molar-refractivity contribution in [2.24, 2.45) is 18.0 Å². The Hall–Kier alpha value is -2.43. The number of sulfonamides is 1. The molecule has 0 saturated carbocycles. The van der Waals surface area contributed by atoms with Crippen LogP contribution in [0.4, 0.5) is 0 Å². The van der Waals surface area contributed by atoms with Crippen LogP contribution in [0.15, 0.2) is 46.5 Å². The molecular weight excluding hydrogens is 416 g/mol. The van der Waals surface area contributed by atoms with Crippen LogP contribution in [0.2, 0.25) is 0 Å². The van der Waals surface area contributed by atoms with Gasteiger partial charge in [0.1, 0.15) is 0 Å². The van der Waals surface area contributed by atoms with E-state index in [0.29, 0.717) is 19.1 Å². The third-order valence-electron chi connectivity index (χ3n) is 5.34. The molecule has 10 heteroatoms. The Balaban J connectivity index is 1.55. The second-order valence-corrected chi connectivity index (χ2v) is 9.53. The standard InChI is InChI=1S/C21H32N6O3S/c1-22-21(27-9-7-18(16-27)11-19-14-24-26(2)15-19)23-13-17-5-4-6-20(12-17)31(28,29)25-8-10-30-3/h4-6,12,14-15,18,25H,7-11,13,16H2,1-3H3,(H,22,23). The van der Waals surface area contributed by atoms with Crippen molar-refractivity contribution in [3.8, 4) is 0 Å². The van der Waals surface area contributed by atoms with E-state index in [4.69, 9.17) is 4.74 Å². The number of likely N-dealkylation sites (tertiary alicyclic amines) is 1. The summed E-state index contributed by atoms with van der Waals surface area (Å²) in [5.41, 5.74) is 2.14. The summed E-state index contributed by atoms with van der Waals surface area (Å²) in [7, 11) is 1.69. The largest absolute Gasteiger partial charge is 0.383 e. The van der Waals surface area contributed by atoms with Crippen molar-refractivity contribution in [2.75, 3.05) is 40.4 Å². The van der Waals surface area contributed by atoms with Gasteiger partial charge in [0, 0.05) is 53.6 Å². The molecule has 170 valence electrons. The second kappa shape index (κ2) is 10.7. The summed E-state index contributed by atoms with van der Waals surface area (Å²) in [5, 5.41) is 7.62. The average molecular weight is 449 g/mol. The van der Waals surface area contributed by atoms with E-state index in [9.17, 15) is 8.42 Å². The predicted molar refractivity (Wildman–Crippen MR) is 120 cm³/mol. The van der Waals surface area contributed by atoms with Gasteiger partial charge in [-0.05, 0) is 42.0 Å². The van der Waals surface area contributed by atoms with Crippen LogP contribution in [0.3, 0.4) is 0 Å². The van der Waals surface area contributed by atoms with Gasteiger partial charge in [-0.15, -0.1) is 0 Å². The van der Waals surface area contributed by atoms with Gasteiger partial charge in [0.05, 0.1) is 17.7 Å². The normalized spacial score (nSPS) is 17.3. The van der Waals surface area contributed by atoms with Crippen molar-refractivity contribution in [1.82, 2.24) is 24.7 Å². The number of nitrogens with zero attached hydrogens (tertiary/aromatic N) is 4. The molecule has 2 aromatic rings. The van der Waals surface area contributed by atoms with E-state index >= 15 is 0 Å². The summed E-state index contributed by atoms with van der Waals surface area (Å²) in [6.45, 7) is 2.95. The first kappa shape index (κ1) is 23.2. The molecule has 1 aliphatic heterocycles. The van der Waals surface area contributed by atoms with Crippen molar-refractivity contribution in [2.45, 2.75) is 24.3 Å². The molecule has 2 heterocycles. The average Bonchev–Trinajstić information content (AvgIpc) is 3.38. The molecular formula is C21H32N6O3S. The number of guanidine groups is 1. The molecule has 0 bridgehead atoms. The Morgan fingerprint density at radius 2 is 2.19 bits per heavy atom. The highest BCUT2D eigenvalue weighted by atomic mass is 32.2. The fourth-order valence-corrected chi connectivity index (χ4v) is 4.88. The van der Waals surface area contributed by atoms with Gasteiger partial charge in [-0.1, -0.05) is 12.1 Å². The first-order chi connectivity index (χ1) is 14.9. The Morgan fingerprint density at radius 3 is 2.90 bits per heavy atom. The summed E-state index contributed by atoms with van der Waals surface area (Å²) in [6.07, 6.45) is 6.12. The van der Waals surface area contributed by atoms with Gasteiger partial charge in [0.25, 0.3) is 0 Å². The van der Waals surface area contributed by atoms with E-state index in [1.165, 1.54) is 12.7 Å². The lowest BCUT2D eigenvalue weighted by Gasteiger charge is -2.22. The van der Waals surface area contributed by atoms with Gasteiger partial charge >= 0.3 is 0 Å². The Labute approximate surface area is 184 Å². The molecule has 1 unspecified atom stereocenters. The van der Waals surface area contributed by atoms with Crippen molar-refractivity contribution < 1.29 is 13.2 Å². The predicted octanol–water partition coefficient (Wildman–Crippen LogP) is 0.985. The minimum Gasteiger partial charge on any atom is -0.383 e. The zero-order valence-corrected chi connectivity index (χ0v) is 19.2. The number of ether oxygens (including phenoxy) is 1. The summed E-state index contributed by atoms with van der Waals surface area (Å²) >= 11 is 0. The highest BCUT2D eigenvalue weighted by Crippen LogP contribution is 2.21. The number of aryl methyl sites for hydroxylation is 1. The topological polar surface area (TPSA) is 101 Å². The number of nitrogens with one attached hydrogen (secondary N) is 2. The molecule has 0 amide bonds. The van der Waals surface area contributed by atoms with Crippen LogP contribution in [0.5, 0.6) is 0 Å². The number of benzene rings is 1. The van der Waals surface area contributed by atoms with Crippen LogP contribution >= 0.6 is 0 Å². The summed E-state index contributed by atoms with van der Waals surface area (Å²) < 4.78 is 34.1. The van der Waals surface area contributed by atoms with Gasteiger partial charge in [0.2, 0.25) is 10.0 Å². The Morgan fingerprint density at radius 1 is 1.35 bits per heavy atom. The van der Waals surface area contributed by atoms with Gasteiger partial charge in [-0.2, -0.15) is 5.10 Å². The molecule has 2 N–H and O–H groups in total. The zero-order valence-electron chi connectivity index (χ0n) is 18.4. The molecule has 31 heavy (non-hydrogen) atoms. The Bertz CT molecular complexity index is 989. The van der Waals surface area contributed by atoms with Gasteiger partial charge < -0.3 is 15.0 Å². The van der Waals surface area contributed by atoms with Gasteiger partial charge in [-0.3, -0.25) is 9.67 Å². The summed E-state index contributed by atoms with van der Waals surface area (Å²) in [5.74, 6) is 1.40. The van der Waals surface area contributed by atoms with E-state index in [-0.39, 0.29) is 11.4 Å². The number of aliphatic imine (C=N–C) groups is 1. The zero-order chi connectivity index (χ0) is 22.3. The smallest absolute Gasteiger partial charge is 0.240 e. The molecule has 0 radical (unpaired) electrons. The molecule has 1 aromatic heterocycles. The SMILES string of the molecule is CN=C(NCc1cccc(S(=O)(=O)NCCOC)c1)N1CCC(Cc2cnn(C)c2)C1. The minimum atomic E-state index is -3.56. The van der Waals surface area contributed by atoms with Crippen molar-refractivity contribution in [1.29, 1.82) is 0 Å². The van der Waals surface area contributed by atoms with Crippen LogP contribution in [-0.2, 0) is 34.8 Å². The molecule has 3 rings (SSSR count). The summed E-state index contributed by atoms with van der Waals surface area (Å²) in [4.78, 5) is 6.93. The van der Waals surface area contributed by atoms with E-state index in [0.717, 1.165) is 37.5 Å². The van der Waals surface area contributed by atoms with E-state index in [1.807, 2.05) is 24.0 Å². The molecule has 0 aliphatic carbocycles. The van der Waals surface area contributed by atoms with Crippen LogP contribution in [-0.4, -0.2) is 69.5 Å². The number of hydrogen-bond donors (Lipinski definition) is 2. The van der Waals surface area contributed by atoms with Crippen molar-refractivity contribution in [3.05, 3.63) is 47.8 Å². The van der Waals surface area contributed by atoms with E-state index in [1.54, 1.807) is 25.2 Å². The first-order valence-corrected chi connectivity index (χ1v) is 11.9. The lowest BCUT2D eigenvalue weighted by atomic mass is 10.0. The van der Waals surface area contributed by atoms with Crippen LogP contribution in [0.1, 0.15) is 17.5 Å². The molecule has 0 spiro atoms. The minimum absolute atomic E-state index is 0.239. The molecule has 9 nitrogen and oxygen atoms in total. The van der Waals surface area contributed by atoms with Crippen molar-refractivity contribution >= 4 is 16.0 Å². The quantitative estimate of drug-likeness (QED) is 0.337.